The Labute approximate surface area is 161 Å². The summed E-state index contributed by atoms with van der Waals surface area (Å²) in [4.78, 5) is 3.13. The van der Waals surface area contributed by atoms with Crippen LogP contribution in [-0.2, 0) is 12.6 Å². The zero-order chi connectivity index (χ0) is 18.9. The van der Waals surface area contributed by atoms with Gasteiger partial charge in [-0.2, -0.15) is 18.4 Å². The number of nitriles is 1. The molecule has 0 aliphatic carbocycles. The molecule has 0 atom stereocenters. The van der Waals surface area contributed by atoms with Crippen LogP contribution in [0.1, 0.15) is 22.3 Å². The summed E-state index contributed by atoms with van der Waals surface area (Å²) in [7, 11) is 0. The van der Waals surface area contributed by atoms with E-state index in [0.717, 1.165) is 18.2 Å². The van der Waals surface area contributed by atoms with Crippen molar-refractivity contribution in [3.63, 3.8) is 0 Å². The third-order valence-corrected chi connectivity index (χ3v) is 4.98. The topological polar surface area (TPSA) is 28.1 Å². The van der Waals surface area contributed by atoms with E-state index in [-0.39, 0.29) is 48.9 Å². The summed E-state index contributed by atoms with van der Waals surface area (Å²) in [5, 5.41) is 8.88. The molecule has 0 unspecified atom stereocenters. The molecule has 2 rings (SSSR count). The first-order chi connectivity index (χ1) is 11.6. The maximum atomic E-state index is 12.9. The molecule has 2 nitrogen and oxygen atoms in total. The second-order valence-corrected chi connectivity index (χ2v) is 6.39. The quantitative estimate of drug-likeness (QED) is 0.367. The number of halogens is 7. The Morgan fingerprint density at radius 2 is 1.72 bits per heavy atom. The molecule has 0 saturated carbocycles. The molecule has 0 radical (unpaired) electrons. The van der Waals surface area contributed by atoms with Crippen LogP contribution in [0.15, 0.2) is 18.2 Å². The van der Waals surface area contributed by atoms with Gasteiger partial charge in [-0.05, 0) is 29.3 Å². The largest absolute Gasteiger partial charge is 0.416 e. The van der Waals surface area contributed by atoms with E-state index in [1.165, 1.54) is 0 Å². The summed E-state index contributed by atoms with van der Waals surface area (Å²) in [6.07, 6.45) is -4.76. The smallest absolute Gasteiger partial charge is 0.235 e. The van der Waals surface area contributed by atoms with Crippen molar-refractivity contribution in [2.45, 2.75) is 12.6 Å². The summed E-state index contributed by atoms with van der Waals surface area (Å²) in [6, 6.07) is 4.63. The predicted molar refractivity (Wildman–Crippen MR) is 91.7 cm³/mol. The summed E-state index contributed by atoms with van der Waals surface area (Å²) in [5.41, 5.74) is -1.01. The number of hydrogen-bond acceptors (Lipinski definition) is 1. The zero-order valence-corrected chi connectivity index (χ0v) is 15.0. The second-order valence-electron chi connectivity index (χ2n) is 4.85. The third kappa shape index (κ3) is 3.81. The van der Waals surface area contributed by atoms with Crippen LogP contribution in [-0.4, -0.2) is 0 Å². The Bertz CT molecular complexity index is 941. The van der Waals surface area contributed by atoms with Gasteiger partial charge >= 0.3 is 6.18 Å². The lowest BCUT2D eigenvalue weighted by molar-refractivity contribution is -0.137. The van der Waals surface area contributed by atoms with E-state index in [0.29, 0.717) is 0 Å². The fourth-order valence-corrected chi connectivity index (χ4v) is 3.18. The third-order valence-electron chi connectivity index (χ3n) is 3.36. The molecule has 0 aromatic heterocycles. The summed E-state index contributed by atoms with van der Waals surface area (Å²) in [5.74, 6) is 0. The van der Waals surface area contributed by atoms with E-state index in [1.807, 2.05) is 6.07 Å². The van der Waals surface area contributed by atoms with Crippen molar-refractivity contribution in [1.29, 1.82) is 5.26 Å². The maximum Gasteiger partial charge on any atom is 0.416 e. The maximum absolute atomic E-state index is 12.9. The number of hydrogen-bond donors (Lipinski definition) is 0. The molecule has 0 spiro atoms. The first kappa shape index (κ1) is 19.7. The highest BCUT2D eigenvalue weighted by molar-refractivity contribution is 6.47. The van der Waals surface area contributed by atoms with Crippen LogP contribution in [0.25, 0.3) is 4.85 Å². The van der Waals surface area contributed by atoms with Crippen LogP contribution < -0.4 is 0 Å². The van der Waals surface area contributed by atoms with Gasteiger partial charge in [0.1, 0.15) is 0 Å². The first-order valence-corrected chi connectivity index (χ1v) is 7.95. The normalized spacial score (nSPS) is 11.1. The van der Waals surface area contributed by atoms with Crippen molar-refractivity contribution < 1.29 is 13.2 Å². The van der Waals surface area contributed by atoms with Crippen LogP contribution in [0, 0.1) is 17.9 Å². The van der Waals surface area contributed by atoms with Crippen LogP contribution >= 0.6 is 46.4 Å². The van der Waals surface area contributed by atoms with Crippen LogP contribution in [0.5, 0.6) is 0 Å². The molecule has 0 fully saturated rings. The Hall–Kier alpha value is -1.63. The molecule has 2 aromatic rings. The van der Waals surface area contributed by atoms with E-state index in [2.05, 4.69) is 4.85 Å². The van der Waals surface area contributed by atoms with Crippen molar-refractivity contribution in [1.82, 2.24) is 0 Å². The fraction of sp³-hybridized carbons (Fsp3) is 0.125. The second kappa shape index (κ2) is 7.32. The van der Waals surface area contributed by atoms with Crippen LogP contribution in [0.3, 0.4) is 0 Å². The number of nitrogens with zero attached hydrogens (tertiary/aromatic N) is 2. The van der Waals surface area contributed by atoms with Crippen molar-refractivity contribution in [2.75, 3.05) is 0 Å². The van der Waals surface area contributed by atoms with Crippen molar-refractivity contribution in [3.8, 4) is 6.07 Å². The molecular formula is C16H5Cl4F3N2. The standard InChI is InChI=1S/C16H5Cl4F3N2/c1-25-15-13(19)10(6-24)9(12(18)14(15)20)5-7-4-8(16(21,22)23)2-3-11(7)17/h2-4H,5H2. The lowest BCUT2D eigenvalue weighted by Crippen LogP contribution is -2.06. The highest BCUT2D eigenvalue weighted by Gasteiger charge is 2.31. The molecule has 0 bridgehead atoms. The van der Waals surface area contributed by atoms with Gasteiger partial charge in [0.05, 0.1) is 38.8 Å². The van der Waals surface area contributed by atoms with E-state index < -0.39 is 11.7 Å². The van der Waals surface area contributed by atoms with Gasteiger partial charge in [0.15, 0.2) is 0 Å². The molecular weight excluding hydrogens is 419 g/mol. The van der Waals surface area contributed by atoms with E-state index in [4.69, 9.17) is 53.0 Å². The minimum Gasteiger partial charge on any atom is -0.235 e. The van der Waals surface area contributed by atoms with Gasteiger partial charge in [-0.25, -0.2) is 4.85 Å². The lowest BCUT2D eigenvalue weighted by Gasteiger charge is -2.15. The Kier molecular flexibility index (Phi) is 5.76. The molecule has 0 saturated heterocycles. The number of alkyl halides is 3. The Morgan fingerprint density at radius 3 is 2.24 bits per heavy atom. The summed E-state index contributed by atoms with van der Waals surface area (Å²) in [6.45, 7) is 7.06. The van der Waals surface area contributed by atoms with E-state index in [1.54, 1.807) is 0 Å². The molecule has 0 amide bonds. The zero-order valence-electron chi connectivity index (χ0n) is 12.0. The monoisotopic (exact) mass is 422 g/mol. The summed E-state index contributed by atoms with van der Waals surface area (Å²) < 4.78 is 38.7. The van der Waals surface area contributed by atoms with Gasteiger partial charge in [-0.3, -0.25) is 0 Å². The van der Waals surface area contributed by atoms with Crippen molar-refractivity contribution in [2.24, 2.45) is 0 Å². The Morgan fingerprint density at radius 1 is 1.08 bits per heavy atom. The van der Waals surface area contributed by atoms with Crippen molar-refractivity contribution >= 4 is 52.1 Å². The minimum atomic E-state index is -4.55. The average molecular weight is 424 g/mol. The highest BCUT2D eigenvalue weighted by Crippen LogP contribution is 2.44. The first-order valence-electron chi connectivity index (χ1n) is 6.44. The predicted octanol–water partition coefficient (Wildman–Crippen LogP) is 7.33. The molecule has 0 aliphatic heterocycles. The van der Waals surface area contributed by atoms with Crippen LogP contribution in [0.2, 0.25) is 20.1 Å². The van der Waals surface area contributed by atoms with Gasteiger partial charge in [0, 0.05) is 11.4 Å². The van der Waals surface area contributed by atoms with Gasteiger partial charge in [-0.1, -0.05) is 46.4 Å². The van der Waals surface area contributed by atoms with E-state index >= 15 is 0 Å². The summed E-state index contributed by atoms with van der Waals surface area (Å²) >= 11 is 24.1. The van der Waals surface area contributed by atoms with Gasteiger partial charge in [0.25, 0.3) is 0 Å². The molecule has 0 aliphatic rings. The highest BCUT2D eigenvalue weighted by atomic mass is 35.5. The van der Waals surface area contributed by atoms with E-state index in [9.17, 15) is 18.4 Å². The number of benzene rings is 2. The van der Waals surface area contributed by atoms with Gasteiger partial charge in [-0.15, -0.1) is 0 Å². The lowest BCUT2D eigenvalue weighted by atomic mass is 9.98. The SMILES string of the molecule is [C-]#[N+]c1c(Cl)c(Cl)c(Cc2cc(C(F)(F)F)ccc2Cl)c(C#N)c1Cl. The number of rotatable bonds is 2. The fourth-order valence-electron chi connectivity index (χ4n) is 2.15. The molecule has 9 heteroatoms. The molecule has 0 heterocycles. The molecule has 25 heavy (non-hydrogen) atoms. The minimum absolute atomic E-state index is 0.0643. The van der Waals surface area contributed by atoms with Crippen molar-refractivity contribution in [3.05, 3.63) is 72.0 Å². The molecule has 128 valence electrons. The molecule has 0 N–H and O–H groups in total. The van der Waals surface area contributed by atoms with Gasteiger partial charge in [0.2, 0.25) is 5.69 Å². The Balaban J connectivity index is 2.67. The van der Waals surface area contributed by atoms with Gasteiger partial charge < -0.3 is 0 Å². The average Bonchev–Trinajstić information content (AvgIpc) is 2.54. The van der Waals surface area contributed by atoms with Crippen LogP contribution in [0.4, 0.5) is 18.9 Å². The molecule has 2 aromatic carbocycles.